The fraction of sp³-hybridized carbons (Fsp3) is 0.259. The van der Waals surface area contributed by atoms with Gasteiger partial charge in [-0.15, -0.1) is 0 Å². The molecule has 0 aliphatic carbocycles. The number of ether oxygens (including phenoxy) is 1. The Morgan fingerprint density at radius 3 is 1.91 bits per heavy atom. The number of hydrogen-bond donors (Lipinski definition) is 1. The predicted octanol–water partition coefficient (Wildman–Crippen LogP) is 6.98. The molecule has 0 spiro atoms. The van der Waals surface area contributed by atoms with E-state index in [0.717, 1.165) is 12.0 Å². The number of esters is 1. The molecule has 0 saturated carbocycles. The first-order valence-electron chi connectivity index (χ1n) is 10.9. The molecule has 0 fully saturated rings. The number of benzene rings is 3. The Hall–Kier alpha value is -2.82. The fourth-order valence-corrected chi connectivity index (χ4v) is 3.95. The maximum absolute atomic E-state index is 13.0. The molecule has 3 aromatic rings. The standard InChI is InChI=1S/C27H27Cl2NO3/c1-18(2)16-22(17-30-26(31)20-8-12-23(28)13-9-20)25(19-6-4-3-5-7-19)33-27(32)21-10-14-24(29)15-11-21/h3-15,18,22,25H,16-17H2,1-2H3,(H,30,31). The summed E-state index contributed by atoms with van der Waals surface area (Å²) in [5.74, 6) is -0.419. The second-order valence-electron chi connectivity index (χ2n) is 8.35. The van der Waals surface area contributed by atoms with Crippen molar-refractivity contribution in [3.8, 4) is 0 Å². The van der Waals surface area contributed by atoms with E-state index < -0.39 is 12.1 Å². The summed E-state index contributed by atoms with van der Waals surface area (Å²) in [6, 6.07) is 23.0. The molecule has 172 valence electrons. The van der Waals surface area contributed by atoms with E-state index in [1.54, 1.807) is 48.5 Å². The minimum atomic E-state index is -0.526. The molecule has 33 heavy (non-hydrogen) atoms. The molecule has 0 heterocycles. The molecule has 0 saturated heterocycles. The van der Waals surface area contributed by atoms with Crippen molar-refractivity contribution in [2.45, 2.75) is 26.4 Å². The first kappa shape index (κ1) is 24.8. The summed E-state index contributed by atoms with van der Waals surface area (Å²) in [7, 11) is 0. The van der Waals surface area contributed by atoms with Gasteiger partial charge in [-0.3, -0.25) is 4.79 Å². The van der Waals surface area contributed by atoms with Gasteiger partial charge in [0.2, 0.25) is 0 Å². The monoisotopic (exact) mass is 483 g/mol. The predicted molar refractivity (Wildman–Crippen MR) is 133 cm³/mol. The second-order valence-corrected chi connectivity index (χ2v) is 9.22. The lowest BCUT2D eigenvalue weighted by Gasteiger charge is -2.29. The van der Waals surface area contributed by atoms with Crippen molar-refractivity contribution in [3.05, 3.63) is 106 Å². The van der Waals surface area contributed by atoms with Crippen LogP contribution in [-0.4, -0.2) is 18.4 Å². The molecule has 4 nitrogen and oxygen atoms in total. The highest BCUT2D eigenvalue weighted by Gasteiger charge is 2.29. The van der Waals surface area contributed by atoms with E-state index in [2.05, 4.69) is 19.2 Å². The van der Waals surface area contributed by atoms with Crippen molar-refractivity contribution >= 4 is 35.1 Å². The molecule has 0 aromatic heterocycles. The second kappa shape index (κ2) is 11.9. The van der Waals surface area contributed by atoms with Crippen molar-refractivity contribution in [2.24, 2.45) is 11.8 Å². The Balaban J connectivity index is 1.83. The third kappa shape index (κ3) is 7.34. The van der Waals surface area contributed by atoms with E-state index in [-0.39, 0.29) is 11.8 Å². The number of carbonyl (C=O) groups is 2. The molecule has 6 heteroatoms. The van der Waals surface area contributed by atoms with Crippen LogP contribution in [0.15, 0.2) is 78.9 Å². The van der Waals surface area contributed by atoms with E-state index in [9.17, 15) is 9.59 Å². The number of amides is 1. The summed E-state index contributed by atoms with van der Waals surface area (Å²) < 4.78 is 6.03. The molecule has 0 bridgehead atoms. The van der Waals surface area contributed by atoms with Crippen LogP contribution in [0.2, 0.25) is 10.0 Å². The molecular formula is C27H27Cl2NO3. The van der Waals surface area contributed by atoms with Crippen molar-refractivity contribution < 1.29 is 14.3 Å². The first-order valence-corrected chi connectivity index (χ1v) is 11.6. The van der Waals surface area contributed by atoms with Gasteiger partial charge < -0.3 is 10.1 Å². The van der Waals surface area contributed by atoms with Crippen molar-refractivity contribution in [1.82, 2.24) is 5.32 Å². The maximum Gasteiger partial charge on any atom is 0.338 e. The average Bonchev–Trinajstić information content (AvgIpc) is 2.81. The number of nitrogens with one attached hydrogen (secondary N) is 1. The summed E-state index contributed by atoms with van der Waals surface area (Å²) in [4.78, 5) is 25.7. The summed E-state index contributed by atoms with van der Waals surface area (Å²) in [5.41, 5.74) is 1.83. The van der Waals surface area contributed by atoms with Gasteiger partial charge in [0.1, 0.15) is 6.10 Å². The van der Waals surface area contributed by atoms with Gasteiger partial charge >= 0.3 is 5.97 Å². The van der Waals surface area contributed by atoms with E-state index in [0.29, 0.717) is 33.6 Å². The Labute approximate surface area is 204 Å². The highest BCUT2D eigenvalue weighted by atomic mass is 35.5. The Morgan fingerprint density at radius 1 is 0.818 bits per heavy atom. The highest BCUT2D eigenvalue weighted by Crippen LogP contribution is 2.32. The third-order valence-electron chi connectivity index (χ3n) is 5.28. The number of carbonyl (C=O) groups excluding carboxylic acids is 2. The molecule has 3 rings (SSSR count). The quantitative estimate of drug-likeness (QED) is 0.333. The summed E-state index contributed by atoms with van der Waals surface area (Å²) in [6.07, 6.45) is 0.233. The minimum Gasteiger partial charge on any atom is -0.454 e. The van der Waals surface area contributed by atoms with Crippen LogP contribution in [0.1, 0.15) is 52.7 Å². The molecule has 3 aromatic carbocycles. The normalized spacial score (nSPS) is 12.8. The largest absolute Gasteiger partial charge is 0.454 e. The van der Waals surface area contributed by atoms with Gasteiger partial charge in [0, 0.05) is 28.1 Å². The minimum absolute atomic E-state index is 0.125. The van der Waals surface area contributed by atoms with Crippen LogP contribution in [0.4, 0.5) is 0 Å². The SMILES string of the molecule is CC(C)CC(CNC(=O)c1ccc(Cl)cc1)C(OC(=O)c1ccc(Cl)cc1)c1ccccc1. The maximum atomic E-state index is 13.0. The average molecular weight is 484 g/mol. The van der Waals surface area contributed by atoms with Crippen LogP contribution in [0, 0.1) is 11.8 Å². The van der Waals surface area contributed by atoms with E-state index in [1.165, 1.54) is 0 Å². The van der Waals surface area contributed by atoms with Gasteiger partial charge in [-0.05, 0) is 66.4 Å². The van der Waals surface area contributed by atoms with Crippen LogP contribution < -0.4 is 5.32 Å². The topological polar surface area (TPSA) is 55.4 Å². The van der Waals surface area contributed by atoms with Crippen LogP contribution in [0.25, 0.3) is 0 Å². The number of hydrogen-bond acceptors (Lipinski definition) is 3. The van der Waals surface area contributed by atoms with Gasteiger partial charge in [0.25, 0.3) is 5.91 Å². The molecular weight excluding hydrogens is 457 g/mol. The summed E-state index contributed by atoms with van der Waals surface area (Å²) >= 11 is 11.9. The summed E-state index contributed by atoms with van der Waals surface area (Å²) in [6.45, 7) is 4.57. The van der Waals surface area contributed by atoms with Crippen LogP contribution in [0.3, 0.4) is 0 Å². The highest BCUT2D eigenvalue weighted by molar-refractivity contribution is 6.31. The zero-order valence-corrected chi connectivity index (χ0v) is 20.1. The lowest BCUT2D eigenvalue weighted by molar-refractivity contribution is 0.00978. The van der Waals surface area contributed by atoms with Gasteiger partial charge in [-0.25, -0.2) is 4.79 Å². The van der Waals surface area contributed by atoms with Gasteiger partial charge in [0.15, 0.2) is 0 Å². The number of halogens is 2. The van der Waals surface area contributed by atoms with E-state index in [4.69, 9.17) is 27.9 Å². The van der Waals surface area contributed by atoms with E-state index >= 15 is 0 Å². The van der Waals surface area contributed by atoms with E-state index in [1.807, 2.05) is 30.3 Å². The lowest BCUT2D eigenvalue weighted by Crippen LogP contribution is -2.34. The fourth-order valence-electron chi connectivity index (χ4n) is 3.70. The zero-order valence-electron chi connectivity index (χ0n) is 18.6. The molecule has 0 radical (unpaired) electrons. The van der Waals surface area contributed by atoms with Gasteiger partial charge in [-0.2, -0.15) is 0 Å². The van der Waals surface area contributed by atoms with Crippen LogP contribution >= 0.6 is 23.2 Å². The molecule has 2 atom stereocenters. The van der Waals surface area contributed by atoms with Crippen molar-refractivity contribution in [1.29, 1.82) is 0 Å². The van der Waals surface area contributed by atoms with Gasteiger partial charge in [0.05, 0.1) is 5.56 Å². The van der Waals surface area contributed by atoms with Crippen LogP contribution in [0.5, 0.6) is 0 Å². The molecule has 2 unspecified atom stereocenters. The smallest absolute Gasteiger partial charge is 0.338 e. The molecule has 0 aliphatic rings. The van der Waals surface area contributed by atoms with Crippen LogP contribution in [-0.2, 0) is 4.74 Å². The third-order valence-corrected chi connectivity index (χ3v) is 5.78. The first-order chi connectivity index (χ1) is 15.8. The van der Waals surface area contributed by atoms with Crippen molar-refractivity contribution in [3.63, 3.8) is 0 Å². The summed E-state index contributed by atoms with van der Waals surface area (Å²) in [5, 5.41) is 4.13. The lowest BCUT2D eigenvalue weighted by atomic mass is 9.88. The molecule has 0 aliphatic heterocycles. The Morgan fingerprint density at radius 2 is 1.36 bits per heavy atom. The van der Waals surface area contributed by atoms with Gasteiger partial charge in [-0.1, -0.05) is 67.4 Å². The molecule has 1 N–H and O–H groups in total. The Kier molecular flexibility index (Phi) is 8.93. The molecule has 1 amide bonds. The van der Waals surface area contributed by atoms with Crippen molar-refractivity contribution in [2.75, 3.05) is 6.54 Å². The Bertz CT molecular complexity index is 1050. The number of rotatable bonds is 9. The zero-order chi connectivity index (χ0) is 23.8.